The van der Waals surface area contributed by atoms with Crippen LogP contribution in [0.25, 0.3) is 0 Å². The van der Waals surface area contributed by atoms with Crippen LogP contribution in [0.5, 0.6) is 0 Å². The van der Waals surface area contributed by atoms with Crippen LogP contribution in [-0.2, 0) is 4.79 Å². The van der Waals surface area contributed by atoms with E-state index in [-0.39, 0.29) is 24.4 Å². The molecule has 2 heterocycles. The Kier molecular flexibility index (Phi) is 2.30. The molecule has 0 aliphatic carbocycles. The Bertz CT molecular complexity index is 305. The van der Waals surface area contributed by atoms with Crippen molar-refractivity contribution in [2.75, 3.05) is 26.7 Å². The van der Waals surface area contributed by atoms with Crippen molar-refractivity contribution in [3.8, 4) is 0 Å². The molecule has 2 aliphatic rings. The largest absolute Gasteiger partial charge is 0.344 e. The number of hydroxylamine groups is 2. The highest BCUT2D eigenvalue weighted by Gasteiger charge is 2.48. The minimum absolute atomic E-state index is 0.0187. The molecule has 0 aromatic carbocycles. The fourth-order valence-electron chi connectivity index (χ4n) is 2.41. The SMILES string of the molecule is CCN1C(=O)N(O)C[C@H]2CN(C)C(=O)[C@H]21. The van der Waals surface area contributed by atoms with E-state index in [0.29, 0.717) is 18.2 Å². The Balaban J connectivity index is 2.28. The third-order valence-electron chi connectivity index (χ3n) is 3.13. The van der Waals surface area contributed by atoms with Crippen molar-refractivity contribution in [3.05, 3.63) is 0 Å². The Morgan fingerprint density at radius 2 is 2.07 bits per heavy atom. The Labute approximate surface area is 88.0 Å². The Hall–Kier alpha value is -1.30. The summed E-state index contributed by atoms with van der Waals surface area (Å²) in [5, 5.41) is 10.1. The van der Waals surface area contributed by atoms with E-state index in [9.17, 15) is 14.8 Å². The van der Waals surface area contributed by atoms with Gasteiger partial charge < -0.3 is 9.80 Å². The standard InChI is InChI=1S/C9H15N3O3/c1-3-11-7-6(4-10(2)8(7)13)5-12(15)9(11)14/h6-7,15H,3-5H2,1-2H3/t6-,7+/m1/s1. The van der Waals surface area contributed by atoms with Crippen molar-refractivity contribution in [2.24, 2.45) is 5.92 Å². The molecule has 0 aromatic heterocycles. The van der Waals surface area contributed by atoms with E-state index in [1.165, 1.54) is 4.90 Å². The average molecular weight is 213 g/mol. The lowest BCUT2D eigenvalue weighted by atomic mass is 9.99. The van der Waals surface area contributed by atoms with Gasteiger partial charge in [-0.1, -0.05) is 0 Å². The van der Waals surface area contributed by atoms with Crippen molar-refractivity contribution in [1.82, 2.24) is 14.9 Å². The lowest BCUT2D eigenvalue weighted by Gasteiger charge is -2.38. The van der Waals surface area contributed by atoms with Crippen LogP contribution in [0.4, 0.5) is 4.79 Å². The Morgan fingerprint density at radius 3 is 2.67 bits per heavy atom. The maximum absolute atomic E-state index is 11.8. The maximum atomic E-state index is 11.8. The van der Waals surface area contributed by atoms with Gasteiger partial charge in [-0.15, -0.1) is 0 Å². The van der Waals surface area contributed by atoms with Gasteiger partial charge in [0.1, 0.15) is 6.04 Å². The van der Waals surface area contributed by atoms with Crippen LogP contribution in [0.15, 0.2) is 0 Å². The molecule has 0 aromatic rings. The van der Waals surface area contributed by atoms with Gasteiger partial charge in [0.2, 0.25) is 5.91 Å². The van der Waals surface area contributed by atoms with E-state index in [1.54, 1.807) is 18.9 Å². The fourth-order valence-corrected chi connectivity index (χ4v) is 2.41. The number of urea groups is 1. The smallest absolute Gasteiger partial charge is 0.344 e. The van der Waals surface area contributed by atoms with Gasteiger partial charge in [0.25, 0.3) is 0 Å². The molecule has 2 aliphatic heterocycles. The molecule has 2 rings (SSSR count). The van der Waals surface area contributed by atoms with Crippen LogP contribution in [0.3, 0.4) is 0 Å². The number of carbonyl (C=O) groups is 2. The molecule has 84 valence electrons. The van der Waals surface area contributed by atoms with E-state index in [4.69, 9.17) is 0 Å². The van der Waals surface area contributed by atoms with Gasteiger partial charge in [0.05, 0.1) is 6.54 Å². The predicted octanol–water partition coefficient (Wildman–Crippen LogP) is -0.410. The lowest BCUT2D eigenvalue weighted by Crippen LogP contribution is -2.58. The van der Waals surface area contributed by atoms with E-state index < -0.39 is 6.03 Å². The molecule has 2 atom stereocenters. The zero-order chi connectivity index (χ0) is 11.2. The van der Waals surface area contributed by atoms with E-state index in [2.05, 4.69) is 0 Å². The third-order valence-corrected chi connectivity index (χ3v) is 3.13. The highest BCUT2D eigenvalue weighted by atomic mass is 16.5. The zero-order valence-electron chi connectivity index (χ0n) is 8.88. The number of rotatable bonds is 1. The van der Waals surface area contributed by atoms with Crippen molar-refractivity contribution in [1.29, 1.82) is 0 Å². The summed E-state index contributed by atoms with van der Waals surface area (Å²) in [7, 11) is 1.72. The summed E-state index contributed by atoms with van der Waals surface area (Å²) in [6, 6.07) is -0.849. The van der Waals surface area contributed by atoms with Crippen LogP contribution >= 0.6 is 0 Å². The van der Waals surface area contributed by atoms with Crippen molar-refractivity contribution in [2.45, 2.75) is 13.0 Å². The summed E-state index contributed by atoms with van der Waals surface area (Å²) < 4.78 is 0. The van der Waals surface area contributed by atoms with E-state index in [0.717, 1.165) is 0 Å². The monoisotopic (exact) mass is 213 g/mol. The molecule has 0 unspecified atom stereocenters. The van der Waals surface area contributed by atoms with Gasteiger partial charge in [-0.3, -0.25) is 10.0 Å². The summed E-state index contributed by atoms with van der Waals surface area (Å²) in [4.78, 5) is 26.4. The normalized spacial score (nSPS) is 31.3. The first-order valence-electron chi connectivity index (χ1n) is 5.08. The molecule has 2 fully saturated rings. The predicted molar refractivity (Wildman–Crippen MR) is 51.2 cm³/mol. The fraction of sp³-hybridized carbons (Fsp3) is 0.778. The molecule has 0 radical (unpaired) electrons. The number of amides is 3. The highest BCUT2D eigenvalue weighted by molar-refractivity contribution is 5.90. The summed E-state index contributed by atoms with van der Waals surface area (Å²) in [5.74, 6) is -0.00606. The molecule has 0 saturated carbocycles. The van der Waals surface area contributed by atoms with Gasteiger partial charge in [-0.2, -0.15) is 0 Å². The average Bonchev–Trinajstić information content (AvgIpc) is 2.46. The minimum atomic E-state index is -0.470. The summed E-state index contributed by atoms with van der Waals surface area (Å²) in [6.07, 6.45) is 0. The number of hydrogen-bond acceptors (Lipinski definition) is 3. The lowest BCUT2D eigenvalue weighted by molar-refractivity contribution is -0.135. The second-order valence-corrected chi connectivity index (χ2v) is 4.07. The van der Waals surface area contributed by atoms with Gasteiger partial charge in [-0.05, 0) is 6.92 Å². The first-order valence-corrected chi connectivity index (χ1v) is 5.08. The minimum Gasteiger partial charge on any atom is -0.344 e. The summed E-state index contributed by atoms with van der Waals surface area (Å²) >= 11 is 0. The van der Waals surface area contributed by atoms with Gasteiger partial charge in [0.15, 0.2) is 0 Å². The molecule has 6 nitrogen and oxygen atoms in total. The number of nitrogens with zero attached hydrogens (tertiary/aromatic N) is 3. The molecule has 15 heavy (non-hydrogen) atoms. The van der Waals surface area contributed by atoms with Crippen molar-refractivity contribution in [3.63, 3.8) is 0 Å². The van der Waals surface area contributed by atoms with Crippen LogP contribution in [0.2, 0.25) is 0 Å². The molecule has 2 saturated heterocycles. The van der Waals surface area contributed by atoms with Crippen molar-refractivity contribution < 1.29 is 14.8 Å². The summed E-state index contributed by atoms with van der Waals surface area (Å²) in [5.41, 5.74) is 0. The number of fused-ring (bicyclic) bond motifs is 1. The quantitative estimate of drug-likeness (QED) is 0.602. The van der Waals surface area contributed by atoms with Crippen LogP contribution < -0.4 is 0 Å². The van der Waals surface area contributed by atoms with Crippen molar-refractivity contribution >= 4 is 11.9 Å². The number of likely N-dealkylation sites (N-methyl/N-ethyl adjacent to an activating group) is 2. The van der Waals surface area contributed by atoms with Gasteiger partial charge in [-0.25, -0.2) is 9.86 Å². The van der Waals surface area contributed by atoms with Crippen LogP contribution in [0.1, 0.15) is 6.92 Å². The first-order chi connectivity index (χ1) is 7.06. The summed E-state index contributed by atoms with van der Waals surface area (Å²) in [6.45, 7) is 3.09. The highest BCUT2D eigenvalue weighted by Crippen LogP contribution is 2.27. The second-order valence-electron chi connectivity index (χ2n) is 4.07. The molecule has 6 heteroatoms. The van der Waals surface area contributed by atoms with Gasteiger partial charge >= 0.3 is 6.03 Å². The zero-order valence-corrected chi connectivity index (χ0v) is 8.88. The maximum Gasteiger partial charge on any atom is 0.344 e. The molecular weight excluding hydrogens is 198 g/mol. The molecule has 1 N–H and O–H groups in total. The third kappa shape index (κ3) is 1.36. The molecular formula is C9H15N3O3. The molecule has 0 bridgehead atoms. The van der Waals surface area contributed by atoms with E-state index in [1.807, 2.05) is 0 Å². The topological polar surface area (TPSA) is 64.1 Å². The van der Waals surface area contributed by atoms with Crippen LogP contribution in [-0.4, -0.2) is 64.7 Å². The van der Waals surface area contributed by atoms with Gasteiger partial charge in [0, 0.05) is 26.1 Å². The Morgan fingerprint density at radius 1 is 1.40 bits per heavy atom. The number of carbonyl (C=O) groups excluding carboxylic acids is 2. The first kappa shape index (κ1) is 10.2. The molecule has 3 amide bonds. The van der Waals surface area contributed by atoms with E-state index >= 15 is 0 Å². The number of likely N-dealkylation sites (tertiary alicyclic amines) is 1. The molecule has 0 spiro atoms. The number of hydrogen-bond donors (Lipinski definition) is 1. The van der Waals surface area contributed by atoms with Crippen LogP contribution in [0, 0.1) is 5.92 Å². The second kappa shape index (κ2) is 3.37.